The van der Waals surface area contributed by atoms with E-state index in [1.54, 1.807) is 19.4 Å². The summed E-state index contributed by atoms with van der Waals surface area (Å²) >= 11 is 4.88. The van der Waals surface area contributed by atoms with Crippen LogP contribution in [0.4, 0.5) is 5.95 Å². The molecule has 3 N–H and O–H groups in total. The van der Waals surface area contributed by atoms with Gasteiger partial charge in [0.15, 0.2) is 0 Å². The van der Waals surface area contributed by atoms with E-state index in [-0.39, 0.29) is 4.99 Å². The van der Waals surface area contributed by atoms with Crippen molar-refractivity contribution in [3.05, 3.63) is 47.8 Å². The molecule has 5 nitrogen and oxygen atoms in total. The Morgan fingerprint density at radius 1 is 1.42 bits per heavy atom. The smallest absolute Gasteiger partial charge is 0.223 e. The van der Waals surface area contributed by atoms with E-state index in [9.17, 15) is 0 Å². The number of nitrogens with zero attached hydrogens (tertiary/aromatic N) is 2. The Kier molecular flexibility index (Phi) is 4.25. The van der Waals surface area contributed by atoms with Crippen LogP contribution in [0, 0.1) is 0 Å². The van der Waals surface area contributed by atoms with Crippen molar-refractivity contribution >= 4 is 23.2 Å². The number of thiocarbonyl (C=S) groups is 1. The molecule has 0 aliphatic heterocycles. The van der Waals surface area contributed by atoms with Gasteiger partial charge in [0, 0.05) is 12.7 Å². The second-order valence-corrected chi connectivity index (χ2v) is 4.27. The van der Waals surface area contributed by atoms with Crippen molar-refractivity contribution in [2.75, 3.05) is 12.4 Å². The molecule has 0 fully saturated rings. The zero-order valence-electron chi connectivity index (χ0n) is 10.5. The quantitative estimate of drug-likeness (QED) is 0.809. The van der Waals surface area contributed by atoms with Crippen molar-refractivity contribution in [3.63, 3.8) is 0 Å². The molecule has 0 unspecified atom stereocenters. The molecule has 1 aromatic carbocycles. The Morgan fingerprint density at radius 3 is 3.00 bits per heavy atom. The zero-order chi connectivity index (χ0) is 13.7. The lowest BCUT2D eigenvalue weighted by atomic mass is 10.2. The van der Waals surface area contributed by atoms with Crippen LogP contribution in [-0.2, 0) is 6.54 Å². The van der Waals surface area contributed by atoms with Gasteiger partial charge < -0.3 is 15.8 Å². The number of hydrogen-bond acceptors (Lipinski definition) is 5. The first kappa shape index (κ1) is 13.2. The predicted octanol–water partition coefficient (Wildman–Crippen LogP) is 1.73. The van der Waals surface area contributed by atoms with Gasteiger partial charge >= 0.3 is 0 Å². The van der Waals surface area contributed by atoms with Gasteiger partial charge in [0.25, 0.3) is 0 Å². The summed E-state index contributed by atoms with van der Waals surface area (Å²) in [7, 11) is 1.64. The number of rotatable bonds is 5. The van der Waals surface area contributed by atoms with E-state index in [4.69, 9.17) is 22.7 Å². The van der Waals surface area contributed by atoms with Gasteiger partial charge in [-0.15, -0.1) is 0 Å². The molecular formula is C13H14N4OS. The SMILES string of the molecule is COc1cccc(CNc2nccc(C(N)=S)n2)c1. The van der Waals surface area contributed by atoms with Gasteiger partial charge in [0.2, 0.25) is 5.95 Å². The maximum atomic E-state index is 5.52. The largest absolute Gasteiger partial charge is 0.497 e. The molecule has 0 atom stereocenters. The number of anilines is 1. The van der Waals surface area contributed by atoms with Gasteiger partial charge in [-0.25, -0.2) is 9.97 Å². The topological polar surface area (TPSA) is 73.1 Å². The first-order valence-electron chi connectivity index (χ1n) is 5.68. The van der Waals surface area contributed by atoms with Gasteiger partial charge in [-0.2, -0.15) is 0 Å². The van der Waals surface area contributed by atoms with E-state index in [1.807, 2.05) is 24.3 Å². The predicted molar refractivity (Wildman–Crippen MR) is 78.2 cm³/mol. The third kappa shape index (κ3) is 3.62. The molecule has 0 aliphatic rings. The molecule has 0 spiro atoms. The van der Waals surface area contributed by atoms with Gasteiger partial charge in [-0.1, -0.05) is 24.4 Å². The monoisotopic (exact) mass is 274 g/mol. The molecule has 6 heteroatoms. The maximum absolute atomic E-state index is 5.52. The second-order valence-electron chi connectivity index (χ2n) is 3.83. The summed E-state index contributed by atoms with van der Waals surface area (Å²) < 4.78 is 5.16. The third-order valence-corrected chi connectivity index (χ3v) is 2.70. The molecule has 1 aromatic heterocycles. The van der Waals surface area contributed by atoms with Crippen molar-refractivity contribution in [1.82, 2.24) is 9.97 Å². The minimum atomic E-state index is 0.256. The first-order chi connectivity index (χ1) is 9.19. The summed E-state index contributed by atoms with van der Waals surface area (Å²) in [4.78, 5) is 8.58. The Hall–Kier alpha value is -2.21. The molecule has 0 amide bonds. The molecule has 0 saturated heterocycles. The van der Waals surface area contributed by atoms with E-state index in [2.05, 4.69) is 15.3 Å². The molecule has 19 heavy (non-hydrogen) atoms. The van der Waals surface area contributed by atoms with Gasteiger partial charge in [0.1, 0.15) is 16.4 Å². The molecule has 1 heterocycles. The fraction of sp³-hybridized carbons (Fsp3) is 0.154. The van der Waals surface area contributed by atoms with E-state index in [0.29, 0.717) is 18.2 Å². The van der Waals surface area contributed by atoms with Crippen LogP contribution in [-0.4, -0.2) is 22.1 Å². The van der Waals surface area contributed by atoms with Crippen LogP contribution in [0.1, 0.15) is 11.3 Å². The van der Waals surface area contributed by atoms with Crippen LogP contribution in [0.25, 0.3) is 0 Å². The summed E-state index contributed by atoms with van der Waals surface area (Å²) in [5.41, 5.74) is 7.15. The summed E-state index contributed by atoms with van der Waals surface area (Å²) in [6.07, 6.45) is 1.62. The van der Waals surface area contributed by atoms with Crippen LogP contribution in [0.5, 0.6) is 5.75 Å². The van der Waals surface area contributed by atoms with Crippen LogP contribution in [0.2, 0.25) is 0 Å². The number of hydrogen-bond donors (Lipinski definition) is 2. The fourth-order valence-corrected chi connectivity index (χ4v) is 1.66. The number of aromatic nitrogens is 2. The Labute approximate surface area is 116 Å². The average Bonchev–Trinajstić information content (AvgIpc) is 2.45. The number of nitrogens with two attached hydrogens (primary N) is 1. The average molecular weight is 274 g/mol. The lowest BCUT2D eigenvalue weighted by Gasteiger charge is -2.07. The molecule has 0 bridgehead atoms. The van der Waals surface area contributed by atoms with Crippen molar-refractivity contribution in [2.24, 2.45) is 5.73 Å². The van der Waals surface area contributed by atoms with Gasteiger partial charge in [-0.05, 0) is 23.8 Å². The highest BCUT2D eigenvalue weighted by Crippen LogP contribution is 2.13. The minimum absolute atomic E-state index is 0.256. The van der Waals surface area contributed by atoms with Crippen molar-refractivity contribution in [1.29, 1.82) is 0 Å². The Balaban J connectivity index is 2.05. The van der Waals surface area contributed by atoms with Crippen molar-refractivity contribution < 1.29 is 4.74 Å². The van der Waals surface area contributed by atoms with Gasteiger partial charge in [-0.3, -0.25) is 0 Å². The molecule has 0 saturated carbocycles. The highest BCUT2D eigenvalue weighted by molar-refractivity contribution is 7.80. The number of benzene rings is 1. The summed E-state index contributed by atoms with van der Waals surface area (Å²) in [6, 6.07) is 9.45. The molecular weight excluding hydrogens is 260 g/mol. The van der Waals surface area contributed by atoms with E-state index < -0.39 is 0 Å². The van der Waals surface area contributed by atoms with Crippen LogP contribution in [0.15, 0.2) is 36.5 Å². The standard InChI is InChI=1S/C13H14N4OS/c1-18-10-4-2-3-9(7-10)8-16-13-15-6-5-11(17-13)12(14)19/h2-7H,8H2,1H3,(H2,14,19)(H,15,16,17). The fourth-order valence-electron chi connectivity index (χ4n) is 1.54. The molecule has 0 aliphatic carbocycles. The third-order valence-electron chi connectivity index (χ3n) is 2.49. The van der Waals surface area contributed by atoms with Crippen LogP contribution >= 0.6 is 12.2 Å². The van der Waals surface area contributed by atoms with Crippen LogP contribution < -0.4 is 15.8 Å². The number of methoxy groups -OCH3 is 1. The lowest BCUT2D eigenvalue weighted by molar-refractivity contribution is 0.414. The van der Waals surface area contributed by atoms with E-state index in [1.165, 1.54) is 0 Å². The molecule has 2 rings (SSSR count). The van der Waals surface area contributed by atoms with E-state index >= 15 is 0 Å². The summed E-state index contributed by atoms with van der Waals surface area (Å²) in [6.45, 7) is 0.595. The number of ether oxygens (including phenoxy) is 1. The van der Waals surface area contributed by atoms with Crippen LogP contribution in [0.3, 0.4) is 0 Å². The summed E-state index contributed by atoms with van der Waals surface area (Å²) in [5.74, 6) is 1.31. The Bertz CT molecular complexity index is 588. The normalized spacial score (nSPS) is 9.95. The maximum Gasteiger partial charge on any atom is 0.223 e. The minimum Gasteiger partial charge on any atom is -0.497 e. The highest BCUT2D eigenvalue weighted by Gasteiger charge is 2.02. The second kappa shape index (κ2) is 6.10. The molecule has 0 radical (unpaired) electrons. The van der Waals surface area contributed by atoms with Crippen molar-refractivity contribution in [2.45, 2.75) is 6.54 Å². The summed E-state index contributed by atoms with van der Waals surface area (Å²) in [5, 5.41) is 3.11. The van der Waals surface area contributed by atoms with Gasteiger partial charge in [0.05, 0.1) is 7.11 Å². The van der Waals surface area contributed by atoms with E-state index in [0.717, 1.165) is 11.3 Å². The first-order valence-corrected chi connectivity index (χ1v) is 6.09. The van der Waals surface area contributed by atoms with Crippen molar-refractivity contribution in [3.8, 4) is 5.75 Å². The molecule has 98 valence electrons. The number of nitrogens with one attached hydrogen (secondary N) is 1. The zero-order valence-corrected chi connectivity index (χ0v) is 11.3. The lowest BCUT2D eigenvalue weighted by Crippen LogP contribution is -2.13. The Morgan fingerprint density at radius 2 is 2.26 bits per heavy atom. The highest BCUT2D eigenvalue weighted by atomic mass is 32.1. The molecule has 2 aromatic rings.